The van der Waals surface area contributed by atoms with Crippen molar-refractivity contribution < 1.29 is 14.6 Å². The van der Waals surface area contributed by atoms with Gasteiger partial charge in [0.25, 0.3) is 0 Å². The first-order valence-electron chi connectivity index (χ1n) is 5.88. The van der Waals surface area contributed by atoms with Crippen LogP contribution in [0.1, 0.15) is 18.4 Å². The summed E-state index contributed by atoms with van der Waals surface area (Å²) in [5.41, 5.74) is 1.42. The fourth-order valence-corrected chi connectivity index (χ4v) is 1.96. The largest absolute Gasteiger partial charge is 0.392 e. The number of carbonyl (C=O) groups excluding carboxylic acids is 1. The molecule has 0 aromatic heterocycles. The molecule has 2 N–H and O–H groups in total. The highest BCUT2D eigenvalue weighted by Crippen LogP contribution is 2.19. The molecule has 4 nitrogen and oxygen atoms in total. The number of anilines is 1. The SMILES string of the molecule is O=C(Nc1ccccc1CO)C1CCCOC1. The predicted octanol–water partition coefficient (Wildman–Crippen LogP) is 1.54. The molecule has 0 aliphatic carbocycles. The van der Waals surface area contributed by atoms with Crippen LogP contribution in [-0.4, -0.2) is 24.2 Å². The molecular weight excluding hydrogens is 218 g/mol. The third-order valence-corrected chi connectivity index (χ3v) is 2.98. The first kappa shape index (κ1) is 12.1. The maximum absolute atomic E-state index is 12.0. The van der Waals surface area contributed by atoms with Crippen LogP contribution < -0.4 is 5.32 Å². The van der Waals surface area contributed by atoms with Crippen LogP contribution in [0.3, 0.4) is 0 Å². The summed E-state index contributed by atoms with van der Waals surface area (Å²) in [6, 6.07) is 7.27. The number of para-hydroxylation sites is 1. The number of hydrogen-bond acceptors (Lipinski definition) is 3. The molecule has 1 atom stereocenters. The maximum atomic E-state index is 12.0. The summed E-state index contributed by atoms with van der Waals surface area (Å²) in [4.78, 5) is 12.0. The van der Waals surface area contributed by atoms with Gasteiger partial charge >= 0.3 is 0 Å². The van der Waals surface area contributed by atoms with E-state index in [0.29, 0.717) is 12.3 Å². The van der Waals surface area contributed by atoms with Crippen LogP contribution in [-0.2, 0) is 16.1 Å². The first-order valence-corrected chi connectivity index (χ1v) is 5.88. The molecule has 0 spiro atoms. The molecule has 2 rings (SSSR count). The summed E-state index contributed by atoms with van der Waals surface area (Å²) in [6.45, 7) is 1.17. The molecule has 1 saturated heterocycles. The van der Waals surface area contributed by atoms with Crippen molar-refractivity contribution in [2.45, 2.75) is 19.4 Å². The van der Waals surface area contributed by atoms with Gasteiger partial charge in [-0.25, -0.2) is 0 Å². The van der Waals surface area contributed by atoms with Crippen LogP contribution in [0.2, 0.25) is 0 Å². The summed E-state index contributed by atoms with van der Waals surface area (Å²) in [6.07, 6.45) is 1.80. The Kier molecular flexibility index (Phi) is 4.12. The Bertz CT molecular complexity index is 386. The average molecular weight is 235 g/mol. The summed E-state index contributed by atoms with van der Waals surface area (Å²) < 4.78 is 5.29. The number of amides is 1. The second-order valence-electron chi connectivity index (χ2n) is 4.22. The molecule has 0 radical (unpaired) electrons. The molecule has 1 aliphatic rings. The number of nitrogens with one attached hydrogen (secondary N) is 1. The van der Waals surface area contributed by atoms with Gasteiger partial charge in [0.1, 0.15) is 0 Å². The van der Waals surface area contributed by atoms with Gasteiger partial charge in [-0.15, -0.1) is 0 Å². The minimum atomic E-state index is -0.0736. The Morgan fingerprint density at radius 3 is 3.00 bits per heavy atom. The Morgan fingerprint density at radius 1 is 1.47 bits per heavy atom. The Labute approximate surface area is 101 Å². The lowest BCUT2D eigenvalue weighted by atomic mass is 10.0. The van der Waals surface area contributed by atoms with Crippen LogP contribution in [0.15, 0.2) is 24.3 Å². The van der Waals surface area contributed by atoms with Crippen molar-refractivity contribution in [1.29, 1.82) is 0 Å². The highest BCUT2D eigenvalue weighted by atomic mass is 16.5. The quantitative estimate of drug-likeness (QED) is 0.835. The highest BCUT2D eigenvalue weighted by Gasteiger charge is 2.22. The van der Waals surface area contributed by atoms with E-state index in [-0.39, 0.29) is 18.4 Å². The lowest BCUT2D eigenvalue weighted by molar-refractivity contribution is -0.123. The molecule has 1 fully saturated rings. The van der Waals surface area contributed by atoms with Gasteiger partial charge in [0.2, 0.25) is 5.91 Å². The molecule has 0 saturated carbocycles. The molecule has 92 valence electrons. The van der Waals surface area contributed by atoms with Gasteiger partial charge in [-0.1, -0.05) is 18.2 Å². The van der Waals surface area contributed by atoms with E-state index in [4.69, 9.17) is 9.84 Å². The highest BCUT2D eigenvalue weighted by molar-refractivity contribution is 5.93. The van der Waals surface area contributed by atoms with E-state index < -0.39 is 0 Å². The van der Waals surface area contributed by atoms with Gasteiger partial charge in [-0.05, 0) is 18.9 Å². The molecule has 1 unspecified atom stereocenters. The summed E-state index contributed by atoms with van der Waals surface area (Å²) in [7, 11) is 0. The number of aliphatic hydroxyl groups excluding tert-OH is 1. The normalized spacial score (nSPS) is 19.9. The van der Waals surface area contributed by atoms with Crippen molar-refractivity contribution in [3.05, 3.63) is 29.8 Å². The van der Waals surface area contributed by atoms with Gasteiger partial charge in [0, 0.05) is 17.9 Å². The van der Waals surface area contributed by atoms with Gasteiger partial charge in [0.05, 0.1) is 19.1 Å². The lowest BCUT2D eigenvalue weighted by Crippen LogP contribution is -2.30. The van der Waals surface area contributed by atoms with Crippen molar-refractivity contribution in [3.63, 3.8) is 0 Å². The molecule has 4 heteroatoms. The molecule has 1 aromatic carbocycles. The lowest BCUT2D eigenvalue weighted by Gasteiger charge is -2.21. The second kappa shape index (κ2) is 5.80. The van der Waals surface area contributed by atoms with Crippen molar-refractivity contribution in [2.24, 2.45) is 5.92 Å². The average Bonchev–Trinajstić information content (AvgIpc) is 2.40. The maximum Gasteiger partial charge on any atom is 0.229 e. The Morgan fingerprint density at radius 2 is 2.29 bits per heavy atom. The monoisotopic (exact) mass is 235 g/mol. The molecule has 0 bridgehead atoms. The summed E-state index contributed by atoms with van der Waals surface area (Å²) in [5, 5.41) is 12.0. The molecule has 1 heterocycles. The number of benzene rings is 1. The molecule has 1 aliphatic heterocycles. The number of aliphatic hydroxyl groups is 1. The van der Waals surface area contributed by atoms with Crippen LogP contribution in [0.25, 0.3) is 0 Å². The predicted molar refractivity (Wildman–Crippen MR) is 64.5 cm³/mol. The minimum Gasteiger partial charge on any atom is -0.392 e. The van der Waals surface area contributed by atoms with Gasteiger partial charge in [-0.2, -0.15) is 0 Å². The van der Waals surface area contributed by atoms with Crippen molar-refractivity contribution in [2.75, 3.05) is 18.5 Å². The number of rotatable bonds is 3. The molecule has 1 aromatic rings. The van der Waals surface area contributed by atoms with Crippen LogP contribution in [0.5, 0.6) is 0 Å². The van der Waals surface area contributed by atoms with E-state index in [0.717, 1.165) is 25.0 Å². The summed E-state index contributed by atoms with van der Waals surface area (Å²) in [5.74, 6) is -0.0962. The second-order valence-corrected chi connectivity index (χ2v) is 4.22. The summed E-state index contributed by atoms with van der Waals surface area (Å²) >= 11 is 0. The number of ether oxygens (including phenoxy) is 1. The first-order chi connectivity index (χ1) is 8.31. The molecule has 1 amide bonds. The number of hydrogen-bond donors (Lipinski definition) is 2. The van der Waals surface area contributed by atoms with E-state index in [1.165, 1.54) is 0 Å². The van der Waals surface area contributed by atoms with Crippen molar-refractivity contribution in [1.82, 2.24) is 0 Å². The van der Waals surface area contributed by atoms with Crippen molar-refractivity contribution in [3.8, 4) is 0 Å². The smallest absolute Gasteiger partial charge is 0.229 e. The van der Waals surface area contributed by atoms with Gasteiger partial charge < -0.3 is 15.2 Å². The fraction of sp³-hybridized carbons (Fsp3) is 0.462. The zero-order valence-electron chi connectivity index (χ0n) is 9.69. The van der Waals surface area contributed by atoms with E-state index in [1.54, 1.807) is 12.1 Å². The van der Waals surface area contributed by atoms with Crippen LogP contribution >= 0.6 is 0 Å². The van der Waals surface area contributed by atoms with Gasteiger partial charge in [-0.3, -0.25) is 4.79 Å². The van der Waals surface area contributed by atoms with E-state index in [2.05, 4.69) is 5.32 Å². The third-order valence-electron chi connectivity index (χ3n) is 2.98. The standard InChI is InChI=1S/C13H17NO3/c15-8-10-4-1-2-6-12(10)14-13(16)11-5-3-7-17-9-11/h1-2,4,6,11,15H,3,5,7-9H2,(H,14,16). The van der Waals surface area contributed by atoms with Crippen molar-refractivity contribution >= 4 is 11.6 Å². The molecule has 17 heavy (non-hydrogen) atoms. The third kappa shape index (κ3) is 3.05. The Balaban J connectivity index is 2.01. The van der Waals surface area contributed by atoms with E-state index in [1.807, 2.05) is 12.1 Å². The minimum absolute atomic E-state index is 0.0226. The number of carbonyl (C=O) groups is 1. The topological polar surface area (TPSA) is 58.6 Å². The van der Waals surface area contributed by atoms with E-state index in [9.17, 15) is 4.79 Å². The zero-order chi connectivity index (χ0) is 12.1. The molecular formula is C13H17NO3. The van der Waals surface area contributed by atoms with Crippen LogP contribution in [0.4, 0.5) is 5.69 Å². The zero-order valence-corrected chi connectivity index (χ0v) is 9.69. The van der Waals surface area contributed by atoms with Crippen LogP contribution in [0, 0.1) is 5.92 Å². The Hall–Kier alpha value is -1.39. The fourth-order valence-electron chi connectivity index (χ4n) is 1.96. The van der Waals surface area contributed by atoms with Gasteiger partial charge in [0.15, 0.2) is 0 Å². The van der Waals surface area contributed by atoms with E-state index >= 15 is 0 Å².